The number of carbonyl (C=O) groups excluding carboxylic acids is 1. The van der Waals surface area contributed by atoms with E-state index in [2.05, 4.69) is 68.5 Å². The molecule has 0 aromatic heterocycles. The highest BCUT2D eigenvalue weighted by Gasteiger charge is 2.25. The summed E-state index contributed by atoms with van der Waals surface area (Å²) in [6.07, 6.45) is 6.37. The molecule has 0 N–H and O–H groups in total. The molecule has 0 unspecified atom stereocenters. The standard InChI is InChI=1S/C26H33NO2/c1-19-17-23(22-9-7-6-8-10-22)18-20(2)24(19)12-11-21-13-15-27(16-14-21)25(28)29-26(3,4)5/h6-12,17-18,21H,13-16H2,1-5H3/b12-11+. The number of nitrogens with zero attached hydrogens (tertiary/aromatic N) is 1. The Balaban J connectivity index is 1.63. The molecule has 1 aliphatic rings. The number of amides is 1. The molecule has 0 bridgehead atoms. The minimum Gasteiger partial charge on any atom is -0.444 e. The molecule has 1 fully saturated rings. The molecule has 2 aromatic rings. The van der Waals surface area contributed by atoms with Crippen LogP contribution in [0.4, 0.5) is 4.79 Å². The molecule has 154 valence electrons. The first kappa shape index (κ1) is 21.2. The lowest BCUT2D eigenvalue weighted by molar-refractivity contribution is 0.0197. The first-order chi connectivity index (χ1) is 13.7. The minimum atomic E-state index is -0.436. The van der Waals surface area contributed by atoms with Crippen molar-refractivity contribution < 1.29 is 9.53 Å². The summed E-state index contributed by atoms with van der Waals surface area (Å²) in [4.78, 5) is 14.1. The Kier molecular flexibility index (Phi) is 6.46. The third-order valence-corrected chi connectivity index (χ3v) is 5.43. The molecule has 1 heterocycles. The Morgan fingerprint density at radius 2 is 1.59 bits per heavy atom. The molecule has 1 amide bonds. The van der Waals surface area contributed by atoms with Gasteiger partial charge in [-0.1, -0.05) is 54.6 Å². The van der Waals surface area contributed by atoms with Gasteiger partial charge >= 0.3 is 6.09 Å². The van der Waals surface area contributed by atoms with Gasteiger partial charge < -0.3 is 9.64 Å². The van der Waals surface area contributed by atoms with Crippen molar-refractivity contribution in [3.8, 4) is 11.1 Å². The topological polar surface area (TPSA) is 29.5 Å². The van der Waals surface area contributed by atoms with Gasteiger partial charge in [0.2, 0.25) is 0 Å². The zero-order valence-electron chi connectivity index (χ0n) is 18.4. The fourth-order valence-electron chi connectivity index (χ4n) is 3.87. The maximum absolute atomic E-state index is 12.2. The maximum atomic E-state index is 12.2. The molecule has 0 atom stereocenters. The third-order valence-electron chi connectivity index (χ3n) is 5.43. The quantitative estimate of drug-likeness (QED) is 0.587. The van der Waals surface area contributed by atoms with Crippen LogP contribution in [0.2, 0.25) is 0 Å². The minimum absolute atomic E-state index is 0.192. The van der Waals surface area contributed by atoms with Crippen molar-refractivity contribution in [3.05, 3.63) is 65.2 Å². The number of ether oxygens (including phenoxy) is 1. The summed E-state index contributed by atoms with van der Waals surface area (Å²) >= 11 is 0. The Labute approximate surface area is 175 Å². The Morgan fingerprint density at radius 1 is 1.00 bits per heavy atom. The molecule has 29 heavy (non-hydrogen) atoms. The van der Waals surface area contributed by atoms with Crippen LogP contribution >= 0.6 is 0 Å². The van der Waals surface area contributed by atoms with E-state index in [1.807, 2.05) is 25.7 Å². The first-order valence-electron chi connectivity index (χ1n) is 10.6. The second kappa shape index (κ2) is 8.86. The van der Waals surface area contributed by atoms with Crippen LogP contribution in [-0.2, 0) is 4.74 Å². The fourth-order valence-corrected chi connectivity index (χ4v) is 3.87. The van der Waals surface area contributed by atoms with Crippen LogP contribution < -0.4 is 0 Å². The van der Waals surface area contributed by atoms with Gasteiger partial charge in [0.15, 0.2) is 0 Å². The van der Waals surface area contributed by atoms with E-state index < -0.39 is 5.60 Å². The van der Waals surface area contributed by atoms with Crippen molar-refractivity contribution in [3.63, 3.8) is 0 Å². The molecule has 0 radical (unpaired) electrons. The van der Waals surface area contributed by atoms with E-state index in [4.69, 9.17) is 4.74 Å². The maximum Gasteiger partial charge on any atom is 0.410 e. The highest BCUT2D eigenvalue weighted by atomic mass is 16.6. The Hall–Kier alpha value is -2.55. The number of carbonyl (C=O) groups is 1. The Bertz CT molecular complexity index is 846. The van der Waals surface area contributed by atoms with Crippen molar-refractivity contribution in [2.24, 2.45) is 5.92 Å². The summed E-state index contributed by atoms with van der Waals surface area (Å²) in [7, 11) is 0. The molecule has 2 aromatic carbocycles. The lowest BCUT2D eigenvalue weighted by atomic mass is 9.92. The largest absolute Gasteiger partial charge is 0.444 e. The number of likely N-dealkylation sites (tertiary alicyclic amines) is 1. The van der Waals surface area contributed by atoms with Gasteiger partial charge in [-0.25, -0.2) is 4.79 Å². The van der Waals surface area contributed by atoms with Gasteiger partial charge in [0.1, 0.15) is 5.60 Å². The number of piperidine rings is 1. The predicted molar refractivity (Wildman–Crippen MR) is 121 cm³/mol. The van der Waals surface area contributed by atoms with E-state index >= 15 is 0 Å². The molecule has 0 saturated carbocycles. The van der Waals surface area contributed by atoms with Crippen LogP contribution in [0.15, 0.2) is 48.5 Å². The number of hydrogen-bond donors (Lipinski definition) is 0. The van der Waals surface area contributed by atoms with Crippen molar-refractivity contribution in [1.82, 2.24) is 4.90 Å². The molecule has 3 rings (SSSR count). The molecule has 3 nitrogen and oxygen atoms in total. The fraction of sp³-hybridized carbons (Fsp3) is 0.423. The normalized spacial score (nSPS) is 15.7. The van der Waals surface area contributed by atoms with Crippen molar-refractivity contribution in [2.45, 2.75) is 53.1 Å². The average molecular weight is 392 g/mol. The highest BCUT2D eigenvalue weighted by molar-refractivity contribution is 5.70. The van der Waals surface area contributed by atoms with E-state index in [-0.39, 0.29) is 6.09 Å². The molecule has 3 heteroatoms. The molecule has 0 spiro atoms. The third kappa shape index (κ3) is 5.72. The highest BCUT2D eigenvalue weighted by Crippen LogP contribution is 2.27. The summed E-state index contributed by atoms with van der Waals surface area (Å²) in [6.45, 7) is 11.6. The second-order valence-corrected chi connectivity index (χ2v) is 9.05. The molecular weight excluding hydrogens is 358 g/mol. The summed E-state index contributed by atoms with van der Waals surface area (Å²) in [6, 6.07) is 15.1. The van der Waals surface area contributed by atoms with Gasteiger partial charge in [-0.2, -0.15) is 0 Å². The predicted octanol–water partition coefficient (Wildman–Crippen LogP) is 6.63. The summed E-state index contributed by atoms with van der Waals surface area (Å²) in [5.41, 5.74) is 5.98. The van der Waals surface area contributed by atoms with Gasteiger partial charge in [-0.15, -0.1) is 0 Å². The zero-order chi connectivity index (χ0) is 21.0. The van der Waals surface area contributed by atoms with Crippen LogP contribution in [0.1, 0.15) is 50.3 Å². The van der Waals surface area contributed by atoms with Crippen LogP contribution in [0.5, 0.6) is 0 Å². The Morgan fingerprint density at radius 3 is 2.14 bits per heavy atom. The van der Waals surface area contributed by atoms with Crippen LogP contribution in [0.25, 0.3) is 17.2 Å². The van der Waals surface area contributed by atoms with E-state index in [0.29, 0.717) is 5.92 Å². The van der Waals surface area contributed by atoms with Crippen molar-refractivity contribution >= 4 is 12.2 Å². The summed E-state index contributed by atoms with van der Waals surface area (Å²) in [5, 5.41) is 0. The first-order valence-corrected chi connectivity index (χ1v) is 10.6. The molecule has 0 aliphatic carbocycles. The number of allylic oxidation sites excluding steroid dienone is 1. The average Bonchev–Trinajstić information content (AvgIpc) is 2.67. The number of hydrogen-bond acceptors (Lipinski definition) is 2. The van der Waals surface area contributed by atoms with Gasteiger partial charge in [0, 0.05) is 13.1 Å². The molecule has 1 saturated heterocycles. The molecular formula is C26H33NO2. The van der Waals surface area contributed by atoms with Gasteiger partial charge in [0.25, 0.3) is 0 Å². The van der Waals surface area contributed by atoms with E-state index in [1.54, 1.807) is 0 Å². The lowest BCUT2D eigenvalue weighted by Gasteiger charge is -2.32. The van der Waals surface area contributed by atoms with Crippen molar-refractivity contribution in [1.29, 1.82) is 0 Å². The number of rotatable bonds is 3. The summed E-state index contributed by atoms with van der Waals surface area (Å²) in [5.74, 6) is 0.501. The smallest absolute Gasteiger partial charge is 0.410 e. The van der Waals surface area contributed by atoms with Crippen LogP contribution in [-0.4, -0.2) is 29.7 Å². The van der Waals surface area contributed by atoms with Crippen molar-refractivity contribution in [2.75, 3.05) is 13.1 Å². The number of aryl methyl sites for hydroxylation is 2. The monoisotopic (exact) mass is 391 g/mol. The number of benzene rings is 2. The molecule has 1 aliphatic heterocycles. The summed E-state index contributed by atoms with van der Waals surface area (Å²) < 4.78 is 5.49. The second-order valence-electron chi connectivity index (χ2n) is 9.05. The van der Waals surface area contributed by atoms with E-state index in [1.165, 1.54) is 27.8 Å². The van der Waals surface area contributed by atoms with Crippen LogP contribution in [0, 0.1) is 19.8 Å². The van der Waals surface area contributed by atoms with Crippen LogP contribution in [0.3, 0.4) is 0 Å². The zero-order valence-corrected chi connectivity index (χ0v) is 18.4. The van der Waals surface area contributed by atoms with Gasteiger partial charge in [0.05, 0.1) is 0 Å². The van der Waals surface area contributed by atoms with E-state index in [0.717, 1.165) is 25.9 Å². The van der Waals surface area contributed by atoms with Gasteiger partial charge in [-0.05, 0) is 81.2 Å². The van der Waals surface area contributed by atoms with E-state index in [9.17, 15) is 4.79 Å². The SMILES string of the molecule is Cc1cc(-c2ccccc2)cc(C)c1/C=C/C1CCN(C(=O)OC(C)(C)C)CC1. The lowest BCUT2D eigenvalue weighted by Crippen LogP contribution is -2.41. The van der Waals surface area contributed by atoms with Gasteiger partial charge in [-0.3, -0.25) is 0 Å².